The van der Waals surface area contributed by atoms with Crippen molar-refractivity contribution in [2.45, 2.75) is 25.9 Å². The Morgan fingerprint density at radius 1 is 1.45 bits per heavy atom. The maximum Gasteiger partial charge on any atom is 0.407 e. The van der Waals surface area contributed by atoms with Crippen LogP contribution in [-0.2, 0) is 0 Å². The van der Waals surface area contributed by atoms with Gasteiger partial charge in [0.25, 0.3) is 0 Å². The van der Waals surface area contributed by atoms with Crippen LogP contribution in [0.4, 0.5) is 4.79 Å². The second-order valence-corrected chi connectivity index (χ2v) is 4.99. The van der Waals surface area contributed by atoms with Gasteiger partial charge in [0.1, 0.15) is 11.8 Å². The molecule has 1 aromatic rings. The Morgan fingerprint density at radius 3 is 2.75 bits per heavy atom. The Bertz CT molecular complexity index is 540. The topological polar surface area (TPSA) is 73.7 Å². The first-order valence-electron chi connectivity index (χ1n) is 6.67. The first-order valence-corrected chi connectivity index (χ1v) is 6.67. The predicted octanol–water partition coefficient (Wildman–Crippen LogP) is 1.49. The van der Waals surface area contributed by atoms with E-state index in [2.05, 4.69) is 16.8 Å². The molecule has 106 valence electrons. The van der Waals surface area contributed by atoms with Crippen LogP contribution < -0.4 is 0 Å². The van der Waals surface area contributed by atoms with Crippen molar-refractivity contribution in [2.24, 2.45) is 5.92 Å². The Kier molecular flexibility index (Phi) is 4.59. The Labute approximate surface area is 118 Å². The number of aryl methyl sites for hydroxylation is 1. The number of carboxylic acid groups (broad SMARTS) is 1. The van der Waals surface area contributed by atoms with E-state index in [1.165, 1.54) is 4.90 Å². The van der Waals surface area contributed by atoms with E-state index >= 15 is 0 Å². The second kappa shape index (κ2) is 6.40. The fourth-order valence-electron chi connectivity index (χ4n) is 2.28. The standard InChI is InChI=1S/C15H18N2O3/c1-11-3-2-4-13(16-11)5-6-14(18)12-7-9-17(10-8-12)15(19)20/h2-4,12,14,18H,7-10H2,1H3,(H,19,20). The van der Waals surface area contributed by atoms with Crippen molar-refractivity contribution in [2.75, 3.05) is 13.1 Å². The number of amides is 1. The molecule has 5 heteroatoms. The van der Waals surface area contributed by atoms with Crippen LogP contribution in [0.1, 0.15) is 24.2 Å². The van der Waals surface area contributed by atoms with Crippen molar-refractivity contribution in [3.05, 3.63) is 29.6 Å². The van der Waals surface area contributed by atoms with E-state index in [4.69, 9.17) is 5.11 Å². The lowest BCUT2D eigenvalue weighted by atomic mass is 9.91. The van der Waals surface area contributed by atoms with E-state index < -0.39 is 12.2 Å². The largest absolute Gasteiger partial charge is 0.465 e. The highest BCUT2D eigenvalue weighted by Crippen LogP contribution is 2.20. The van der Waals surface area contributed by atoms with Crippen molar-refractivity contribution in [3.8, 4) is 11.8 Å². The smallest absolute Gasteiger partial charge is 0.407 e. The number of carbonyl (C=O) groups is 1. The number of pyridine rings is 1. The number of rotatable bonds is 1. The molecule has 0 aromatic carbocycles. The molecule has 0 bridgehead atoms. The third kappa shape index (κ3) is 3.72. The first-order chi connectivity index (χ1) is 9.56. The molecule has 2 N–H and O–H groups in total. The van der Waals surface area contributed by atoms with E-state index in [0.717, 1.165) is 5.69 Å². The molecule has 1 amide bonds. The number of aliphatic hydroxyl groups excluding tert-OH is 1. The van der Waals surface area contributed by atoms with Gasteiger partial charge in [0.15, 0.2) is 0 Å². The predicted molar refractivity (Wildman–Crippen MR) is 74.2 cm³/mol. The summed E-state index contributed by atoms with van der Waals surface area (Å²) in [6.07, 6.45) is -0.339. The molecule has 0 spiro atoms. The SMILES string of the molecule is Cc1cccc(C#CC(O)C2CCN(C(=O)O)CC2)n1. The minimum Gasteiger partial charge on any atom is -0.465 e. The zero-order valence-electron chi connectivity index (χ0n) is 11.4. The summed E-state index contributed by atoms with van der Waals surface area (Å²) in [5.41, 5.74) is 1.54. The molecule has 1 aliphatic heterocycles. The third-order valence-corrected chi connectivity index (χ3v) is 3.49. The highest BCUT2D eigenvalue weighted by Gasteiger charge is 2.26. The monoisotopic (exact) mass is 274 g/mol. The number of hydrogen-bond acceptors (Lipinski definition) is 3. The van der Waals surface area contributed by atoms with Crippen molar-refractivity contribution < 1.29 is 15.0 Å². The van der Waals surface area contributed by atoms with Gasteiger partial charge in [0, 0.05) is 18.8 Å². The van der Waals surface area contributed by atoms with Gasteiger partial charge in [0.2, 0.25) is 0 Å². The molecule has 0 radical (unpaired) electrons. The van der Waals surface area contributed by atoms with Crippen LogP contribution in [0.5, 0.6) is 0 Å². The first kappa shape index (κ1) is 14.4. The minimum atomic E-state index is -0.895. The fourth-order valence-corrected chi connectivity index (χ4v) is 2.28. The maximum absolute atomic E-state index is 10.8. The van der Waals surface area contributed by atoms with Gasteiger partial charge in [-0.25, -0.2) is 9.78 Å². The van der Waals surface area contributed by atoms with Gasteiger partial charge < -0.3 is 15.1 Å². The normalized spacial score (nSPS) is 17.2. The van der Waals surface area contributed by atoms with E-state index in [-0.39, 0.29) is 5.92 Å². The van der Waals surface area contributed by atoms with Gasteiger partial charge in [-0.1, -0.05) is 12.0 Å². The highest BCUT2D eigenvalue weighted by atomic mass is 16.4. The number of aromatic nitrogens is 1. The molecule has 1 aliphatic rings. The molecule has 2 heterocycles. The van der Waals surface area contributed by atoms with Gasteiger partial charge in [-0.05, 0) is 43.7 Å². The molecule has 5 nitrogen and oxygen atoms in total. The number of hydrogen-bond donors (Lipinski definition) is 2. The zero-order chi connectivity index (χ0) is 14.5. The Balaban J connectivity index is 1.93. The van der Waals surface area contributed by atoms with Gasteiger partial charge in [0.05, 0.1) is 0 Å². The lowest BCUT2D eigenvalue weighted by Gasteiger charge is -2.30. The summed E-state index contributed by atoms with van der Waals surface area (Å²) in [6, 6.07) is 5.58. The number of nitrogens with zero attached hydrogens (tertiary/aromatic N) is 2. The quantitative estimate of drug-likeness (QED) is 0.761. The molecule has 1 atom stereocenters. The van der Waals surface area contributed by atoms with Gasteiger partial charge in [-0.3, -0.25) is 0 Å². The highest BCUT2D eigenvalue weighted by molar-refractivity contribution is 5.65. The van der Waals surface area contributed by atoms with Crippen LogP contribution in [0.2, 0.25) is 0 Å². The number of likely N-dealkylation sites (tertiary alicyclic amines) is 1. The fraction of sp³-hybridized carbons (Fsp3) is 0.467. The van der Waals surface area contributed by atoms with Crippen molar-refractivity contribution in [1.29, 1.82) is 0 Å². The molecule has 20 heavy (non-hydrogen) atoms. The van der Waals surface area contributed by atoms with E-state index in [1.54, 1.807) is 6.07 Å². The van der Waals surface area contributed by atoms with Crippen LogP contribution in [0.25, 0.3) is 0 Å². The maximum atomic E-state index is 10.8. The minimum absolute atomic E-state index is 0.0305. The second-order valence-electron chi connectivity index (χ2n) is 4.99. The van der Waals surface area contributed by atoms with Crippen LogP contribution in [0.15, 0.2) is 18.2 Å². The van der Waals surface area contributed by atoms with E-state index in [9.17, 15) is 9.90 Å². The average Bonchev–Trinajstić information content (AvgIpc) is 2.45. The molecule has 1 saturated heterocycles. The van der Waals surface area contributed by atoms with Crippen LogP contribution in [0, 0.1) is 24.7 Å². The van der Waals surface area contributed by atoms with Crippen molar-refractivity contribution in [1.82, 2.24) is 9.88 Å². The molecule has 1 fully saturated rings. The average molecular weight is 274 g/mol. The number of aliphatic hydroxyl groups is 1. The molecule has 0 aliphatic carbocycles. The van der Waals surface area contributed by atoms with Crippen molar-refractivity contribution in [3.63, 3.8) is 0 Å². The third-order valence-electron chi connectivity index (χ3n) is 3.49. The molecule has 1 unspecified atom stereocenters. The summed E-state index contributed by atoms with van der Waals surface area (Å²) >= 11 is 0. The molecular formula is C15H18N2O3. The number of piperidine rings is 1. The molecule has 2 rings (SSSR count). The van der Waals surface area contributed by atoms with E-state index in [1.807, 2.05) is 19.1 Å². The Hall–Kier alpha value is -2.06. The Morgan fingerprint density at radius 2 is 2.15 bits per heavy atom. The van der Waals surface area contributed by atoms with Crippen LogP contribution >= 0.6 is 0 Å². The molecular weight excluding hydrogens is 256 g/mol. The summed E-state index contributed by atoms with van der Waals surface area (Å²) in [5, 5.41) is 18.9. The summed E-state index contributed by atoms with van der Waals surface area (Å²) < 4.78 is 0. The van der Waals surface area contributed by atoms with Crippen molar-refractivity contribution >= 4 is 6.09 Å². The summed E-state index contributed by atoms with van der Waals surface area (Å²) in [5.74, 6) is 5.72. The molecule has 1 aromatic heterocycles. The lowest BCUT2D eigenvalue weighted by molar-refractivity contribution is 0.0862. The van der Waals surface area contributed by atoms with E-state index in [0.29, 0.717) is 31.6 Å². The molecule has 0 saturated carbocycles. The van der Waals surface area contributed by atoms with Crippen LogP contribution in [-0.4, -0.2) is 45.4 Å². The van der Waals surface area contributed by atoms with Crippen LogP contribution in [0.3, 0.4) is 0 Å². The van der Waals surface area contributed by atoms with Gasteiger partial charge in [-0.15, -0.1) is 0 Å². The zero-order valence-corrected chi connectivity index (χ0v) is 11.4. The summed E-state index contributed by atoms with van der Waals surface area (Å²) in [7, 11) is 0. The van der Waals surface area contributed by atoms with Gasteiger partial charge >= 0.3 is 6.09 Å². The summed E-state index contributed by atoms with van der Waals surface area (Å²) in [6.45, 7) is 2.81. The lowest BCUT2D eigenvalue weighted by Crippen LogP contribution is -2.40. The van der Waals surface area contributed by atoms with Gasteiger partial charge in [-0.2, -0.15) is 0 Å². The summed E-state index contributed by atoms with van der Waals surface area (Å²) in [4.78, 5) is 16.4.